The number of hydrogen-bond acceptors (Lipinski definition) is 6. The smallest absolute Gasteiger partial charge is 0.270 e. The fourth-order valence-corrected chi connectivity index (χ4v) is 0.662. The van der Waals surface area contributed by atoms with Gasteiger partial charge in [0.2, 0.25) is 5.95 Å². The molecule has 7 nitrogen and oxygen atoms in total. The SMILES string of the molecule is NNC(=O)c1cnc(N)nc1N. The summed E-state index contributed by atoms with van der Waals surface area (Å²) in [5.74, 6) is 4.34. The van der Waals surface area contributed by atoms with Crippen molar-refractivity contribution < 1.29 is 4.79 Å². The van der Waals surface area contributed by atoms with E-state index in [4.69, 9.17) is 17.3 Å². The average molecular weight is 168 g/mol. The van der Waals surface area contributed by atoms with Crippen molar-refractivity contribution in [2.24, 2.45) is 5.84 Å². The third-order valence-electron chi connectivity index (χ3n) is 1.21. The van der Waals surface area contributed by atoms with E-state index < -0.39 is 5.91 Å². The number of nitrogens with one attached hydrogen (secondary N) is 1. The van der Waals surface area contributed by atoms with Gasteiger partial charge < -0.3 is 11.5 Å². The standard InChI is InChI=1S/C5H8N6O/c6-3-2(4(12)11-8)1-9-5(7)10-3/h1H,8H2,(H,11,12)(H4,6,7,9,10). The van der Waals surface area contributed by atoms with Crippen molar-refractivity contribution in [1.82, 2.24) is 15.4 Å². The molecule has 0 aromatic carbocycles. The highest BCUT2D eigenvalue weighted by Gasteiger charge is 2.09. The maximum Gasteiger partial charge on any atom is 0.270 e. The highest BCUT2D eigenvalue weighted by molar-refractivity contribution is 5.97. The zero-order valence-corrected chi connectivity index (χ0v) is 6.11. The molecule has 0 bridgehead atoms. The number of nitrogen functional groups attached to an aromatic ring is 3. The van der Waals surface area contributed by atoms with Crippen LogP contribution in [-0.2, 0) is 0 Å². The number of aromatic nitrogens is 2. The molecule has 64 valence electrons. The van der Waals surface area contributed by atoms with Gasteiger partial charge in [-0.05, 0) is 0 Å². The van der Waals surface area contributed by atoms with Gasteiger partial charge in [0.15, 0.2) is 0 Å². The van der Waals surface area contributed by atoms with Crippen LogP contribution >= 0.6 is 0 Å². The zero-order chi connectivity index (χ0) is 9.14. The molecule has 7 N–H and O–H groups in total. The summed E-state index contributed by atoms with van der Waals surface area (Å²) in [7, 11) is 0. The first kappa shape index (κ1) is 8.21. The number of nitrogens with two attached hydrogens (primary N) is 3. The molecule has 1 amide bonds. The molecule has 0 saturated carbocycles. The molecular formula is C5H8N6O. The van der Waals surface area contributed by atoms with Crippen LogP contribution in [0.1, 0.15) is 10.4 Å². The Bertz CT molecular complexity index is 311. The fraction of sp³-hybridized carbons (Fsp3) is 0. The van der Waals surface area contributed by atoms with Gasteiger partial charge in [0.05, 0.1) is 0 Å². The summed E-state index contributed by atoms with van der Waals surface area (Å²) in [5, 5.41) is 0. The summed E-state index contributed by atoms with van der Waals surface area (Å²) >= 11 is 0. The highest BCUT2D eigenvalue weighted by atomic mass is 16.2. The van der Waals surface area contributed by atoms with E-state index in [1.165, 1.54) is 6.20 Å². The van der Waals surface area contributed by atoms with E-state index in [9.17, 15) is 4.79 Å². The van der Waals surface area contributed by atoms with E-state index in [-0.39, 0.29) is 17.3 Å². The predicted molar refractivity (Wildman–Crippen MR) is 42.5 cm³/mol. The van der Waals surface area contributed by atoms with E-state index in [2.05, 4.69) is 9.97 Å². The molecule has 1 heterocycles. The number of nitrogens with zero attached hydrogens (tertiary/aromatic N) is 2. The van der Waals surface area contributed by atoms with Gasteiger partial charge in [-0.15, -0.1) is 0 Å². The summed E-state index contributed by atoms with van der Waals surface area (Å²) in [6.45, 7) is 0. The Morgan fingerprint density at radius 1 is 1.50 bits per heavy atom. The van der Waals surface area contributed by atoms with Crippen molar-refractivity contribution in [2.75, 3.05) is 11.5 Å². The molecule has 0 aliphatic rings. The number of hydrazine groups is 1. The minimum Gasteiger partial charge on any atom is -0.383 e. The van der Waals surface area contributed by atoms with Crippen LogP contribution in [-0.4, -0.2) is 15.9 Å². The first-order chi connectivity index (χ1) is 5.65. The lowest BCUT2D eigenvalue weighted by atomic mass is 10.3. The van der Waals surface area contributed by atoms with Crippen LogP contribution < -0.4 is 22.7 Å². The molecular weight excluding hydrogens is 160 g/mol. The second-order valence-electron chi connectivity index (χ2n) is 2.00. The molecule has 12 heavy (non-hydrogen) atoms. The predicted octanol–water partition coefficient (Wildman–Crippen LogP) is -1.76. The van der Waals surface area contributed by atoms with Gasteiger partial charge in [-0.3, -0.25) is 10.2 Å². The van der Waals surface area contributed by atoms with Crippen LogP contribution in [0.5, 0.6) is 0 Å². The number of rotatable bonds is 1. The lowest BCUT2D eigenvalue weighted by Gasteiger charge is -2.01. The number of anilines is 2. The topological polar surface area (TPSA) is 133 Å². The minimum atomic E-state index is -0.549. The Morgan fingerprint density at radius 3 is 2.67 bits per heavy atom. The fourth-order valence-electron chi connectivity index (χ4n) is 0.662. The minimum absolute atomic E-state index is 0.00505. The second-order valence-corrected chi connectivity index (χ2v) is 2.00. The van der Waals surface area contributed by atoms with Crippen molar-refractivity contribution in [1.29, 1.82) is 0 Å². The number of amides is 1. The van der Waals surface area contributed by atoms with E-state index in [1.54, 1.807) is 0 Å². The van der Waals surface area contributed by atoms with Crippen molar-refractivity contribution in [3.05, 3.63) is 11.8 Å². The number of hydrogen-bond donors (Lipinski definition) is 4. The third-order valence-corrected chi connectivity index (χ3v) is 1.21. The zero-order valence-electron chi connectivity index (χ0n) is 6.11. The van der Waals surface area contributed by atoms with E-state index in [0.29, 0.717) is 0 Å². The molecule has 1 aromatic heterocycles. The van der Waals surface area contributed by atoms with Gasteiger partial charge in [0, 0.05) is 6.20 Å². The molecule has 0 radical (unpaired) electrons. The molecule has 1 aromatic rings. The molecule has 0 unspecified atom stereocenters. The van der Waals surface area contributed by atoms with E-state index in [1.807, 2.05) is 5.43 Å². The van der Waals surface area contributed by atoms with Crippen LogP contribution in [0.15, 0.2) is 6.20 Å². The molecule has 0 aliphatic carbocycles. The third kappa shape index (κ3) is 1.40. The Hall–Kier alpha value is -1.89. The molecule has 7 heteroatoms. The first-order valence-electron chi connectivity index (χ1n) is 3.04. The highest BCUT2D eigenvalue weighted by Crippen LogP contribution is 2.06. The second kappa shape index (κ2) is 3.01. The monoisotopic (exact) mass is 168 g/mol. The Morgan fingerprint density at radius 2 is 2.17 bits per heavy atom. The summed E-state index contributed by atoms with van der Waals surface area (Å²) in [6, 6.07) is 0. The van der Waals surface area contributed by atoms with Crippen LogP contribution in [0.2, 0.25) is 0 Å². The summed E-state index contributed by atoms with van der Waals surface area (Å²) in [6.07, 6.45) is 1.21. The van der Waals surface area contributed by atoms with Gasteiger partial charge in [0.1, 0.15) is 11.4 Å². The van der Waals surface area contributed by atoms with Gasteiger partial charge >= 0.3 is 0 Å². The largest absolute Gasteiger partial charge is 0.383 e. The lowest BCUT2D eigenvalue weighted by Crippen LogP contribution is -2.31. The van der Waals surface area contributed by atoms with Gasteiger partial charge in [-0.2, -0.15) is 4.98 Å². The van der Waals surface area contributed by atoms with Crippen LogP contribution in [0, 0.1) is 0 Å². The Labute approximate surface area is 67.9 Å². The molecule has 1 rings (SSSR count). The molecule has 0 atom stereocenters. The number of carbonyl (C=O) groups excluding carboxylic acids is 1. The van der Waals surface area contributed by atoms with E-state index in [0.717, 1.165) is 0 Å². The van der Waals surface area contributed by atoms with Crippen molar-refractivity contribution in [3.8, 4) is 0 Å². The van der Waals surface area contributed by atoms with Crippen LogP contribution in [0.3, 0.4) is 0 Å². The molecule has 0 aliphatic heterocycles. The van der Waals surface area contributed by atoms with E-state index >= 15 is 0 Å². The van der Waals surface area contributed by atoms with Crippen LogP contribution in [0.4, 0.5) is 11.8 Å². The maximum atomic E-state index is 10.9. The summed E-state index contributed by atoms with van der Waals surface area (Å²) < 4.78 is 0. The van der Waals surface area contributed by atoms with Crippen LogP contribution in [0.25, 0.3) is 0 Å². The average Bonchev–Trinajstić information content (AvgIpc) is 2.03. The maximum absolute atomic E-state index is 10.9. The molecule has 0 saturated heterocycles. The molecule has 0 fully saturated rings. The summed E-state index contributed by atoms with van der Waals surface area (Å²) in [5.41, 5.74) is 12.6. The van der Waals surface area contributed by atoms with Crippen molar-refractivity contribution >= 4 is 17.7 Å². The summed E-state index contributed by atoms with van der Waals surface area (Å²) in [4.78, 5) is 18.1. The van der Waals surface area contributed by atoms with Gasteiger partial charge in [0.25, 0.3) is 5.91 Å². The molecule has 0 spiro atoms. The van der Waals surface area contributed by atoms with Gasteiger partial charge in [-0.25, -0.2) is 10.8 Å². The quantitative estimate of drug-likeness (QED) is 0.223. The number of carbonyl (C=O) groups is 1. The Balaban J connectivity index is 3.09. The lowest BCUT2D eigenvalue weighted by molar-refractivity contribution is 0.0954. The van der Waals surface area contributed by atoms with Crippen molar-refractivity contribution in [2.45, 2.75) is 0 Å². The van der Waals surface area contributed by atoms with Crippen molar-refractivity contribution in [3.63, 3.8) is 0 Å². The normalized spacial score (nSPS) is 9.42. The Kier molecular flexibility index (Phi) is 2.06. The first-order valence-corrected chi connectivity index (χ1v) is 3.04. The van der Waals surface area contributed by atoms with Gasteiger partial charge in [-0.1, -0.05) is 0 Å².